The maximum Gasteiger partial charge on any atom is 0.411 e. The van der Waals surface area contributed by atoms with E-state index in [-0.39, 0.29) is 18.6 Å². The number of halogens is 3. The van der Waals surface area contributed by atoms with Crippen LogP contribution in [0, 0.1) is 5.92 Å². The molecule has 0 saturated heterocycles. The Morgan fingerprint density at radius 3 is 2.74 bits per heavy atom. The third kappa shape index (κ3) is 3.94. The number of alkyl halides is 3. The first-order chi connectivity index (χ1) is 8.97. The molecule has 0 aliphatic heterocycles. The summed E-state index contributed by atoms with van der Waals surface area (Å²) in [4.78, 5) is 0. The molecule has 0 heterocycles. The van der Waals surface area contributed by atoms with E-state index < -0.39 is 12.8 Å². The van der Waals surface area contributed by atoms with E-state index in [9.17, 15) is 13.2 Å². The van der Waals surface area contributed by atoms with E-state index in [1.807, 2.05) is 18.2 Å². The Balaban J connectivity index is 1.84. The van der Waals surface area contributed by atoms with Gasteiger partial charge in [-0.25, -0.2) is 0 Å². The molecular weight excluding hydrogens is 255 g/mol. The van der Waals surface area contributed by atoms with E-state index >= 15 is 0 Å². The summed E-state index contributed by atoms with van der Waals surface area (Å²) in [6, 6.07) is 7.90. The molecule has 0 amide bonds. The maximum absolute atomic E-state index is 11.9. The topological polar surface area (TPSA) is 35.2 Å². The van der Waals surface area contributed by atoms with Gasteiger partial charge in [-0.2, -0.15) is 13.2 Å². The minimum absolute atomic E-state index is 0.0977. The Morgan fingerprint density at radius 2 is 2.00 bits per heavy atom. The molecule has 1 aliphatic rings. The van der Waals surface area contributed by atoms with Crippen LogP contribution in [0.25, 0.3) is 0 Å². The largest absolute Gasteiger partial charge is 0.411 e. The second kappa shape index (κ2) is 5.92. The summed E-state index contributed by atoms with van der Waals surface area (Å²) in [6.07, 6.45) is -1.83. The Hall–Kier alpha value is -1.07. The van der Waals surface area contributed by atoms with Crippen LogP contribution < -0.4 is 5.73 Å². The van der Waals surface area contributed by atoms with Crippen LogP contribution in [0.15, 0.2) is 24.3 Å². The zero-order chi connectivity index (χ0) is 13.9. The van der Waals surface area contributed by atoms with Gasteiger partial charge >= 0.3 is 6.18 Å². The van der Waals surface area contributed by atoms with Crippen molar-refractivity contribution in [1.29, 1.82) is 0 Å². The molecule has 0 bridgehead atoms. The molecule has 2 atom stereocenters. The Bertz CT molecular complexity index is 419. The lowest BCUT2D eigenvalue weighted by molar-refractivity contribution is -0.174. The molecule has 106 valence electrons. The van der Waals surface area contributed by atoms with Gasteiger partial charge in [0.1, 0.15) is 6.61 Å². The lowest BCUT2D eigenvalue weighted by Crippen LogP contribution is -2.28. The fourth-order valence-corrected chi connectivity index (χ4v) is 2.61. The number of fused-ring (bicyclic) bond motifs is 1. The van der Waals surface area contributed by atoms with Gasteiger partial charge in [-0.15, -0.1) is 0 Å². The van der Waals surface area contributed by atoms with E-state index in [1.54, 1.807) is 0 Å². The number of hydrogen-bond acceptors (Lipinski definition) is 2. The third-order valence-corrected chi connectivity index (χ3v) is 3.61. The number of aryl methyl sites for hydroxylation is 1. The molecule has 0 saturated carbocycles. The molecule has 2 N–H and O–H groups in total. The van der Waals surface area contributed by atoms with Gasteiger partial charge in [-0.3, -0.25) is 0 Å². The number of ether oxygens (including phenoxy) is 1. The first kappa shape index (κ1) is 14.3. The van der Waals surface area contributed by atoms with Crippen molar-refractivity contribution >= 4 is 0 Å². The second-order valence-electron chi connectivity index (χ2n) is 4.98. The predicted molar refractivity (Wildman–Crippen MR) is 66.7 cm³/mol. The molecule has 1 aliphatic carbocycles. The van der Waals surface area contributed by atoms with Gasteiger partial charge < -0.3 is 10.5 Å². The van der Waals surface area contributed by atoms with Crippen molar-refractivity contribution < 1.29 is 17.9 Å². The highest BCUT2D eigenvalue weighted by Crippen LogP contribution is 2.34. The van der Waals surface area contributed by atoms with Crippen LogP contribution in [0.2, 0.25) is 0 Å². The molecule has 0 aromatic heterocycles. The number of hydrogen-bond donors (Lipinski definition) is 1. The summed E-state index contributed by atoms with van der Waals surface area (Å²) in [5.74, 6) is 0.197. The highest BCUT2D eigenvalue weighted by atomic mass is 19.4. The van der Waals surface area contributed by atoms with E-state index in [2.05, 4.69) is 10.8 Å². The van der Waals surface area contributed by atoms with Crippen molar-refractivity contribution in [2.24, 2.45) is 11.7 Å². The first-order valence-corrected chi connectivity index (χ1v) is 6.45. The summed E-state index contributed by atoms with van der Waals surface area (Å²) in [7, 11) is 0. The van der Waals surface area contributed by atoms with E-state index in [0.29, 0.717) is 6.42 Å². The summed E-state index contributed by atoms with van der Waals surface area (Å²) >= 11 is 0. The van der Waals surface area contributed by atoms with Crippen molar-refractivity contribution in [3.63, 3.8) is 0 Å². The van der Waals surface area contributed by atoms with Gasteiger partial charge in [0.2, 0.25) is 0 Å². The molecule has 2 nitrogen and oxygen atoms in total. The first-order valence-electron chi connectivity index (χ1n) is 6.45. The summed E-state index contributed by atoms with van der Waals surface area (Å²) in [5, 5.41) is 0. The van der Waals surface area contributed by atoms with E-state index in [1.165, 1.54) is 5.56 Å². The van der Waals surface area contributed by atoms with E-state index in [0.717, 1.165) is 18.4 Å². The van der Waals surface area contributed by atoms with Crippen molar-refractivity contribution in [3.05, 3.63) is 35.4 Å². The van der Waals surface area contributed by atoms with Crippen molar-refractivity contribution in [1.82, 2.24) is 0 Å². The predicted octanol–water partition coefficient (Wildman–Crippen LogP) is 3.22. The Kier molecular flexibility index (Phi) is 4.47. The minimum atomic E-state index is -4.25. The quantitative estimate of drug-likeness (QED) is 0.855. The van der Waals surface area contributed by atoms with Crippen molar-refractivity contribution in [3.8, 4) is 0 Å². The summed E-state index contributed by atoms with van der Waals surface area (Å²) < 4.78 is 40.5. The van der Waals surface area contributed by atoms with Crippen LogP contribution in [0.5, 0.6) is 0 Å². The fourth-order valence-electron chi connectivity index (χ4n) is 2.61. The Morgan fingerprint density at radius 1 is 1.26 bits per heavy atom. The van der Waals surface area contributed by atoms with Crippen LogP contribution in [-0.4, -0.2) is 19.4 Å². The molecule has 5 heteroatoms. The summed E-state index contributed by atoms with van der Waals surface area (Å²) in [5.41, 5.74) is 8.55. The lowest BCUT2D eigenvalue weighted by atomic mass is 9.79. The highest BCUT2D eigenvalue weighted by Gasteiger charge is 2.29. The van der Waals surface area contributed by atoms with Crippen LogP contribution >= 0.6 is 0 Å². The summed E-state index contributed by atoms with van der Waals surface area (Å²) in [6.45, 7) is -1.06. The van der Waals surface area contributed by atoms with Crippen LogP contribution in [0.3, 0.4) is 0 Å². The lowest BCUT2D eigenvalue weighted by Gasteiger charge is -2.31. The average molecular weight is 273 g/mol. The zero-order valence-electron chi connectivity index (χ0n) is 10.6. The van der Waals surface area contributed by atoms with Gasteiger partial charge in [0, 0.05) is 12.6 Å². The highest BCUT2D eigenvalue weighted by molar-refractivity contribution is 5.32. The van der Waals surface area contributed by atoms with Gasteiger partial charge in [0.15, 0.2) is 0 Å². The fraction of sp³-hybridized carbons (Fsp3) is 0.571. The second-order valence-corrected chi connectivity index (χ2v) is 4.98. The molecule has 2 rings (SSSR count). The van der Waals surface area contributed by atoms with Crippen LogP contribution in [-0.2, 0) is 11.2 Å². The standard InChI is InChI=1S/C14H18F3NO/c15-14(16,17)9-19-8-7-11-6-5-10-3-1-2-4-12(10)13(11)18/h1-4,11,13H,5-9,18H2. The maximum atomic E-state index is 11.9. The molecule has 1 aromatic rings. The third-order valence-electron chi connectivity index (χ3n) is 3.61. The molecule has 0 spiro atoms. The smallest absolute Gasteiger partial charge is 0.372 e. The van der Waals surface area contributed by atoms with E-state index in [4.69, 9.17) is 5.73 Å². The molecule has 0 radical (unpaired) electrons. The monoisotopic (exact) mass is 273 g/mol. The number of nitrogens with two attached hydrogens (primary N) is 1. The number of rotatable bonds is 4. The van der Waals surface area contributed by atoms with Gasteiger partial charge in [0.25, 0.3) is 0 Å². The van der Waals surface area contributed by atoms with Gasteiger partial charge in [-0.05, 0) is 36.3 Å². The molecule has 1 aromatic carbocycles. The van der Waals surface area contributed by atoms with Gasteiger partial charge in [0.05, 0.1) is 0 Å². The Labute approximate surface area is 110 Å². The molecule has 19 heavy (non-hydrogen) atoms. The SMILES string of the molecule is NC1c2ccccc2CCC1CCOCC(F)(F)F. The zero-order valence-corrected chi connectivity index (χ0v) is 10.6. The average Bonchev–Trinajstić information content (AvgIpc) is 2.36. The van der Waals surface area contributed by atoms with Crippen molar-refractivity contribution in [2.75, 3.05) is 13.2 Å². The van der Waals surface area contributed by atoms with Gasteiger partial charge in [-0.1, -0.05) is 24.3 Å². The normalized spacial score (nSPS) is 23.2. The number of benzene rings is 1. The molecule has 0 fully saturated rings. The van der Waals surface area contributed by atoms with Crippen LogP contribution in [0.4, 0.5) is 13.2 Å². The molecule has 2 unspecified atom stereocenters. The minimum Gasteiger partial charge on any atom is -0.372 e. The van der Waals surface area contributed by atoms with Crippen LogP contribution in [0.1, 0.15) is 30.0 Å². The molecular formula is C14H18F3NO. The van der Waals surface area contributed by atoms with Crippen molar-refractivity contribution in [2.45, 2.75) is 31.5 Å².